The molecule has 1 amide bonds. The van der Waals surface area contributed by atoms with Crippen molar-refractivity contribution in [2.75, 3.05) is 23.8 Å². The van der Waals surface area contributed by atoms with Gasteiger partial charge in [0.2, 0.25) is 11.8 Å². The molecule has 2 heterocycles. The Labute approximate surface area is 146 Å². The van der Waals surface area contributed by atoms with Crippen LogP contribution in [0.4, 0.5) is 11.6 Å². The van der Waals surface area contributed by atoms with Crippen LogP contribution < -0.4 is 15.4 Å². The van der Waals surface area contributed by atoms with E-state index in [1.54, 1.807) is 19.9 Å². The number of aromatic nitrogens is 1. The number of rotatable bonds is 7. The normalized spacial score (nSPS) is 17.9. The number of hydrogen-bond acceptors (Lipinski definition) is 6. The molecule has 7 nitrogen and oxygen atoms in total. The molecule has 1 aromatic heterocycles. The smallest absolute Gasteiger partial charge is 0.248 e. The first kappa shape index (κ1) is 17.3. The van der Waals surface area contributed by atoms with E-state index >= 15 is 0 Å². The van der Waals surface area contributed by atoms with E-state index < -0.39 is 6.04 Å². The Kier molecular flexibility index (Phi) is 5.55. The highest BCUT2D eigenvalue weighted by molar-refractivity contribution is 5.95. The Morgan fingerprint density at radius 2 is 2.20 bits per heavy atom. The Balaban J connectivity index is 1.47. The van der Waals surface area contributed by atoms with Crippen molar-refractivity contribution in [3.8, 4) is 5.75 Å². The van der Waals surface area contributed by atoms with Crippen LogP contribution in [0.5, 0.6) is 5.75 Å². The van der Waals surface area contributed by atoms with Crippen LogP contribution in [-0.4, -0.2) is 36.4 Å². The summed E-state index contributed by atoms with van der Waals surface area (Å²) in [6.07, 6.45) is 2.35. The lowest BCUT2D eigenvalue weighted by Crippen LogP contribution is -2.31. The van der Waals surface area contributed by atoms with Gasteiger partial charge in [0, 0.05) is 18.4 Å². The molecule has 1 saturated heterocycles. The van der Waals surface area contributed by atoms with E-state index in [9.17, 15) is 4.79 Å². The first-order valence-corrected chi connectivity index (χ1v) is 8.45. The number of carbonyl (C=O) groups excluding carboxylic acids is 1. The topological polar surface area (TPSA) is 85.6 Å². The quantitative estimate of drug-likeness (QED) is 0.802. The van der Waals surface area contributed by atoms with Crippen molar-refractivity contribution in [1.82, 2.24) is 5.16 Å². The number of nitrogens with one attached hydrogen (secondary N) is 2. The maximum atomic E-state index is 12.1. The van der Waals surface area contributed by atoms with E-state index in [1.165, 1.54) is 0 Å². The lowest BCUT2D eigenvalue weighted by Gasteiger charge is -2.15. The van der Waals surface area contributed by atoms with Crippen LogP contribution in [0.15, 0.2) is 34.9 Å². The van der Waals surface area contributed by atoms with Crippen LogP contribution in [0.3, 0.4) is 0 Å². The van der Waals surface area contributed by atoms with Gasteiger partial charge in [-0.25, -0.2) is 0 Å². The Morgan fingerprint density at radius 1 is 1.40 bits per heavy atom. The Morgan fingerprint density at radius 3 is 2.84 bits per heavy atom. The number of aryl methyl sites for hydroxylation is 1. The van der Waals surface area contributed by atoms with Crippen LogP contribution in [-0.2, 0) is 9.53 Å². The van der Waals surface area contributed by atoms with Crippen molar-refractivity contribution in [1.29, 1.82) is 0 Å². The molecule has 25 heavy (non-hydrogen) atoms. The largest absolute Gasteiger partial charge is 0.491 e. The van der Waals surface area contributed by atoms with Gasteiger partial charge in [0.05, 0.1) is 11.8 Å². The van der Waals surface area contributed by atoms with Gasteiger partial charge in [-0.2, -0.15) is 0 Å². The Bertz CT molecular complexity index is 693. The molecule has 1 aromatic carbocycles. The highest BCUT2D eigenvalue weighted by atomic mass is 16.5. The van der Waals surface area contributed by atoms with Crippen molar-refractivity contribution in [3.05, 3.63) is 36.0 Å². The summed E-state index contributed by atoms with van der Waals surface area (Å²) in [5.74, 6) is 0.930. The molecule has 1 aliphatic rings. The van der Waals surface area contributed by atoms with Gasteiger partial charge in [-0.1, -0.05) is 5.16 Å². The minimum Gasteiger partial charge on any atom is -0.491 e. The van der Waals surface area contributed by atoms with E-state index in [2.05, 4.69) is 15.8 Å². The van der Waals surface area contributed by atoms with Gasteiger partial charge in [0.1, 0.15) is 18.4 Å². The summed E-state index contributed by atoms with van der Waals surface area (Å²) in [6, 6.07) is 8.76. The van der Waals surface area contributed by atoms with Crippen molar-refractivity contribution in [2.24, 2.45) is 0 Å². The van der Waals surface area contributed by atoms with Crippen molar-refractivity contribution in [2.45, 2.75) is 38.8 Å². The highest BCUT2D eigenvalue weighted by Gasteiger charge is 2.17. The summed E-state index contributed by atoms with van der Waals surface area (Å²) < 4.78 is 16.2. The summed E-state index contributed by atoms with van der Waals surface area (Å²) in [5.41, 5.74) is 1.55. The Hall–Kier alpha value is -2.54. The third kappa shape index (κ3) is 4.96. The molecule has 1 aliphatic heterocycles. The van der Waals surface area contributed by atoms with Crippen molar-refractivity contribution in [3.63, 3.8) is 0 Å². The average Bonchev–Trinajstić information content (AvgIpc) is 3.26. The van der Waals surface area contributed by atoms with Crippen molar-refractivity contribution >= 4 is 17.5 Å². The zero-order valence-corrected chi connectivity index (χ0v) is 14.5. The monoisotopic (exact) mass is 345 g/mol. The molecule has 7 heteroatoms. The first-order valence-electron chi connectivity index (χ1n) is 8.45. The number of hydrogen-bond donors (Lipinski definition) is 2. The molecule has 0 spiro atoms. The van der Waals surface area contributed by atoms with Gasteiger partial charge in [0.25, 0.3) is 0 Å². The second-order valence-electron chi connectivity index (χ2n) is 6.16. The van der Waals surface area contributed by atoms with Gasteiger partial charge in [-0.15, -0.1) is 0 Å². The molecule has 3 rings (SSSR count). The predicted molar refractivity (Wildman–Crippen MR) is 93.9 cm³/mol. The minimum absolute atomic E-state index is 0.196. The predicted octanol–water partition coefficient (Wildman–Crippen LogP) is 2.98. The fraction of sp³-hybridized carbons (Fsp3) is 0.444. The molecule has 0 aliphatic carbocycles. The van der Waals surface area contributed by atoms with Gasteiger partial charge in [-0.05, 0) is 51.0 Å². The van der Waals surface area contributed by atoms with Crippen LogP contribution in [0, 0.1) is 6.92 Å². The van der Waals surface area contributed by atoms with Gasteiger partial charge in [-0.3, -0.25) is 10.1 Å². The molecular weight excluding hydrogens is 322 g/mol. The van der Waals surface area contributed by atoms with E-state index in [0.29, 0.717) is 12.5 Å². The van der Waals surface area contributed by atoms with Crippen LogP contribution in [0.1, 0.15) is 25.5 Å². The summed E-state index contributed by atoms with van der Waals surface area (Å²) in [6.45, 7) is 4.97. The summed E-state index contributed by atoms with van der Waals surface area (Å²) in [7, 11) is 0. The van der Waals surface area contributed by atoms with Gasteiger partial charge in [0.15, 0.2) is 0 Å². The number of anilines is 2. The number of benzene rings is 1. The lowest BCUT2D eigenvalue weighted by molar-refractivity contribution is -0.116. The third-order valence-corrected chi connectivity index (χ3v) is 3.97. The number of nitrogens with zero attached hydrogens (tertiary/aromatic N) is 1. The van der Waals surface area contributed by atoms with E-state index in [0.717, 1.165) is 36.6 Å². The van der Waals surface area contributed by atoms with Crippen LogP contribution in [0.2, 0.25) is 0 Å². The van der Waals surface area contributed by atoms with Crippen LogP contribution >= 0.6 is 0 Å². The molecule has 2 atom stereocenters. The lowest BCUT2D eigenvalue weighted by atomic mass is 10.2. The number of amides is 1. The molecular formula is C18H23N3O4. The van der Waals surface area contributed by atoms with Crippen molar-refractivity contribution < 1.29 is 18.8 Å². The van der Waals surface area contributed by atoms with Gasteiger partial charge < -0.3 is 19.3 Å². The molecule has 2 aromatic rings. The van der Waals surface area contributed by atoms with Gasteiger partial charge >= 0.3 is 0 Å². The average molecular weight is 345 g/mol. The molecule has 2 N–H and O–H groups in total. The van der Waals surface area contributed by atoms with E-state index in [1.807, 2.05) is 24.3 Å². The summed E-state index contributed by atoms with van der Waals surface area (Å²) in [4.78, 5) is 12.1. The number of carbonyl (C=O) groups is 1. The SMILES string of the molecule is Cc1cc(NC(=O)C(C)Nc2ccc(OCC3CCCO3)cc2)on1. The minimum atomic E-state index is -0.427. The zero-order chi connectivity index (χ0) is 17.6. The number of ether oxygens (including phenoxy) is 2. The molecule has 134 valence electrons. The van der Waals surface area contributed by atoms with E-state index in [-0.39, 0.29) is 12.0 Å². The third-order valence-electron chi connectivity index (χ3n) is 3.97. The molecule has 0 bridgehead atoms. The second-order valence-corrected chi connectivity index (χ2v) is 6.16. The van der Waals surface area contributed by atoms with Crippen LogP contribution in [0.25, 0.3) is 0 Å². The standard InChI is InChI=1S/C18H23N3O4/c1-12-10-17(25-21-12)20-18(22)13(2)19-14-5-7-15(8-6-14)24-11-16-4-3-9-23-16/h5-8,10,13,16,19H,3-4,9,11H2,1-2H3,(H,20,22). The fourth-order valence-corrected chi connectivity index (χ4v) is 2.58. The molecule has 2 unspecified atom stereocenters. The zero-order valence-electron chi connectivity index (χ0n) is 14.5. The summed E-state index contributed by atoms with van der Waals surface area (Å²) in [5, 5.41) is 9.55. The molecule has 1 fully saturated rings. The fourth-order valence-electron chi connectivity index (χ4n) is 2.58. The maximum Gasteiger partial charge on any atom is 0.248 e. The first-order chi connectivity index (χ1) is 12.1. The molecule has 0 radical (unpaired) electrons. The summed E-state index contributed by atoms with van der Waals surface area (Å²) >= 11 is 0. The maximum absolute atomic E-state index is 12.1. The second kappa shape index (κ2) is 8.02. The molecule has 0 saturated carbocycles. The van der Waals surface area contributed by atoms with E-state index in [4.69, 9.17) is 14.0 Å². The highest BCUT2D eigenvalue weighted by Crippen LogP contribution is 2.19.